The highest BCUT2D eigenvalue weighted by atomic mass is 35.5. The molecule has 0 aromatic carbocycles. The van der Waals surface area contributed by atoms with Gasteiger partial charge in [0.25, 0.3) is 0 Å². The molecular weight excluding hydrogens is 230 g/mol. The Hall–Kier alpha value is -1.07. The fourth-order valence-corrected chi connectivity index (χ4v) is 1.66. The highest BCUT2D eigenvalue weighted by Gasteiger charge is 2.20. The summed E-state index contributed by atoms with van der Waals surface area (Å²) in [5, 5.41) is 13.6. The molecule has 0 aliphatic heterocycles. The molecule has 0 amide bonds. The van der Waals surface area contributed by atoms with Crippen molar-refractivity contribution in [2.24, 2.45) is 7.05 Å². The Balaban J connectivity index is 2.84. The van der Waals surface area contributed by atoms with Crippen molar-refractivity contribution < 1.29 is 9.90 Å². The van der Waals surface area contributed by atoms with Crippen molar-refractivity contribution in [2.75, 3.05) is 7.05 Å². The van der Waals surface area contributed by atoms with Crippen molar-refractivity contribution in [3.8, 4) is 0 Å². The first-order chi connectivity index (χ1) is 7.34. The quantitative estimate of drug-likeness (QED) is 0.869. The first kappa shape index (κ1) is 13.0. The molecule has 1 unspecified atom stereocenters. The summed E-state index contributed by atoms with van der Waals surface area (Å²) in [6, 6.07) is -0.546. The van der Waals surface area contributed by atoms with Crippen LogP contribution in [0.4, 0.5) is 0 Å². The molecule has 1 atom stereocenters. The normalized spacial score (nSPS) is 13.1. The van der Waals surface area contributed by atoms with E-state index < -0.39 is 12.0 Å². The third-order valence-electron chi connectivity index (χ3n) is 2.70. The van der Waals surface area contributed by atoms with E-state index in [2.05, 4.69) is 5.10 Å². The Morgan fingerprint density at radius 1 is 1.69 bits per heavy atom. The van der Waals surface area contributed by atoms with Crippen molar-refractivity contribution in [1.82, 2.24) is 14.7 Å². The molecule has 1 aromatic heterocycles. The Morgan fingerprint density at radius 3 is 2.62 bits per heavy atom. The lowest BCUT2D eigenvalue weighted by atomic mass is 10.2. The minimum atomic E-state index is -0.847. The summed E-state index contributed by atoms with van der Waals surface area (Å²) in [6.07, 6.45) is 0. The van der Waals surface area contributed by atoms with Gasteiger partial charge in [0.2, 0.25) is 0 Å². The van der Waals surface area contributed by atoms with Crippen LogP contribution in [0.2, 0.25) is 5.15 Å². The maximum Gasteiger partial charge on any atom is 0.320 e. The molecule has 0 spiro atoms. The van der Waals surface area contributed by atoms with Crippen LogP contribution in [-0.2, 0) is 18.4 Å². The second-order valence-corrected chi connectivity index (χ2v) is 4.27. The SMILES string of the molecule is Cc1nn(C)c(Cl)c1CN(C)C(C)C(=O)O. The van der Waals surface area contributed by atoms with E-state index >= 15 is 0 Å². The minimum absolute atomic E-state index is 0.478. The number of hydrogen-bond acceptors (Lipinski definition) is 3. The molecular formula is C10H16ClN3O2. The summed E-state index contributed by atoms with van der Waals surface area (Å²) in [4.78, 5) is 12.5. The van der Waals surface area contributed by atoms with E-state index in [9.17, 15) is 4.79 Å². The summed E-state index contributed by atoms with van der Waals surface area (Å²) in [5.74, 6) is -0.847. The first-order valence-corrected chi connectivity index (χ1v) is 5.33. The number of rotatable bonds is 4. The van der Waals surface area contributed by atoms with Gasteiger partial charge in [-0.2, -0.15) is 5.10 Å². The molecule has 90 valence electrons. The number of carboxylic acids is 1. The predicted molar refractivity (Wildman–Crippen MR) is 61.5 cm³/mol. The van der Waals surface area contributed by atoms with Gasteiger partial charge in [0.1, 0.15) is 11.2 Å². The third-order valence-corrected chi connectivity index (χ3v) is 3.17. The number of likely N-dealkylation sites (N-methyl/N-ethyl adjacent to an activating group) is 1. The summed E-state index contributed by atoms with van der Waals surface area (Å²) in [6.45, 7) is 3.98. The number of halogens is 1. The second kappa shape index (κ2) is 4.84. The minimum Gasteiger partial charge on any atom is -0.480 e. The number of aromatic nitrogens is 2. The topological polar surface area (TPSA) is 58.4 Å². The Labute approximate surface area is 99.6 Å². The van der Waals surface area contributed by atoms with E-state index in [0.717, 1.165) is 11.3 Å². The van der Waals surface area contributed by atoms with E-state index in [1.54, 1.807) is 30.6 Å². The van der Waals surface area contributed by atoms with Gasteiger partial charge < -0.3 is 5.11 Å². The molecule has 6 heteroatoms. The van der Waals surface area contributed by atoms with Crippen molar-refractivity contribution in [1.29, 1.82) is 0 Å². The molecule has 1 aromatic rings. The standard InChI is InChI=1S/C10H16ClN3O2/c1-6-8(9(11)14(4)12-6)5-13(3)7(2)10(15)16/h7H,5H2,1-4H3,(H,15,16). The van der Waals surface area contributed by atoms with Gasteiger partial charge in [-0.25, -0.2) is 0 Å². The zero-order valence-corrected chi connectivity index (χ0v) is 10.6. The van der Waals surface area contributed by atoms with Crippen LogP contribution >= 0.6 is 11.6 Å². The number of nitrogens with zero attached hydrogens (tertiary/aromatic N) is 3. The molecule has 0 saturated carbocycles. The van der Waals surface area contributed by atoms with Gasteiger partial charge in [-0.15, -0.1) is 0 Å². The number of aliphatic carboxylic acids is 1. The van der Waals surface area contributed by atoms with Gasteiger partial charge in [-0.3, -0.25) is 14.4 Å². The van der Waals surface area contributed by atoms with Crippen molar-refractivity contribution >= 4 is 17.6 Å². The smallest absolute Gasteiger partial charge is 0.320 e. The van der Waals surface area contributed by atoms with Crippen molar-refractivity contribution in [2.45, 2.75) is 26.4 Å². The number of aryl methyl sites for hydroxylation is 2. The van der Waals surface area contributed by atoms with Crippen LogP contribution in [0, 0.1) is 6.92 Å². The van der Waals surface area contributed by atoms with Crippen LogP contribution in [-0.4, -0.2) is 38.8 Å². The van der Waals surface area contributed by atoms with Crippen molar-refractivity contribution in [3.63, 3.8) is 0 Å². The highest BCUT2D eigenvalue weighted by molar-refractivity contribution is 6.30. The fraction of sp³-hybridized carbons (Fsp3) is 0.600. The predicted octanol–water partition coefficient (Wildman–Crippen LogP) is 1.29. The highest BCUT2D eigenvalue weighted by Crippen LogP contribution is 2.20. The molecule has 16 heavy (non-hydrogen) atoms. The summed E-state index contributed by atoms with van der Waals surface area (Å²) < 4.78 is 1.59. The molecule has 0 aliphatic carbocycles. The monoisotopic (exact) mass is 245 g/mol. The molecule has 1 N–H and O–H groups in total. The summed E-state index contributed by atoms with van der Waals surface area (Å²) >= 11 is 6.07. The molecule has 1 rings (SSSR count). The molecule has 0 saturated heterocycles. The van der Waals surface area contributed by atoms with Crippen LogP contribution in [0.5, 0.6) is 0 Å². The maximum atomic E-state index is 10.8. The molecule has 0 radical (unpaired) electrons. The van der Waals surface area contributed by atoms with Gasteiger partial charge >= 0.3 is 5.97 Å². The lowest BCUT2D eigenvalue weighted by Gasteiger charge is -2.20. The van der Waals surface area contributed by atoms with Gasteiger partial charge in [0, 0.05) is 19.2 Å². The van der Waals surface area contributed by atoms with E-state index in [4.69, 9.17) is 16.7 Å². The number of hydrogen-bond donors (Lipinski definition) is 1. The average molecular weight is 246 g/mol. The van der Waals surface area contributed by atoms with Crippen LogP contribution in [0.25, 0.3) is 0 Å². The number of carbonyl (C=O) groups is 1. The van der Waals surface area contributed by atoms with E-state index in [1.165, 1.54) is 0 Å². The van der Waals surface area contributed by atoms with Crippen LogP contribution < -0.4 is 0 Å². The van der Waals surface area contributed by atoms with E-state index in [0.29, 0.717) is 11.7 Å². The molecule has 5 nitrogen and oxygen atoms in total. The Kier molecular flexibility index (Phi) is 3.93. The molecule has 0 bridgehead atoms. The molecule has 1 heterocycles. The summed E-state index contributed by atoms with van der Waals surface area (Å²) in [5.41, 5.74) is 1.71. The van der Waals surface area contributed by atoms with E-state index in [-0.39, 0.29) is 0 Å². The van der Waals surface area contributed by atoms with Crippen LogP contribution in [0.15, 0.2) is 0 Å². The first-order valence-electron chi connectivity index (χ1n) is 4.95. The van der Waals surface area contributed by atoms with Gasteiger partial charge in [-0.05, 0) is 20.9 Å². The van der Waals surface area contributed by atoms with Crippen LogP contribution in [0.1, 0.15) is 18.2 Å². The van der Waals surface area contributed by atoms with Gasteiger partial charge in [0.15, 0.2) is 0 Å². The van der Waals surface area contributed by atoms with Gasteiger partial charge in [-0.1, -0.05) is 11.6 Å². The molecule has 0 fully saturated rings. The maximum absolute atomic E-state index is 10.8. The van der Waals surface area contributed by atoms with Crippen molar-refractivity contribution in [3.05, 3.63) is 16.4 Å². The average Bonchev–Trinajstić information content (AvgIpc) is 2.43. The number of carboxylic acid groups (broad SMARTS) is 1. The van der Waals surface area contributed by atoms with Crippen LogP contribution in [0.3, 0.4) is 0 Å². The fourth-order valence-electron chi connectivity index (χ4n) is 1.43. The van der Waals surface area contributed by atoms with E-state index in [1.807, 2.05) is 6.92 Å². The largest absolute Gasteiger partial charge is 0.480 e. The summed E-state index contributed by atoms with van der Waals surface area (Å²) in [7, 11) is 3.51. The lowest BCUT2D eigenvalue weighted by molar-refractivity contribution is -0.142. The zero-order valence-electron chi connectivity index (χ0n) is 9.86. The zero-order chi connectivity index (χ0) is 12.5. The van der Waals surface area contributed by atoms with Gasteiger partial charge in [0.05, 0.1) is 5.69 Å². The Bertz CT molecular complexity index is 403. The third kappa shape index (κ3) is 2.54. The second-order valence-electron chi connectivity index (χ2n) is 3.91. The Morgan fingerprint density at radius 2 is 2.25 bits per heavy atom. The lowest BCUT2D eigenvalue weighted by Crippen LogP contribution is -2.35. The molecule has 0 aliphatic rings.